The van der Waals surface area contributed by atoms with E-state index in [0.29, 0.717) is 17.5 Å². The van der Waals surface area contributed by atoms with Gasteiger partial charge in [0.1, 0.15) is 35.1 Å². The average Bonchev–Trinajstić information content (AvgIpc) is 3.08. The van der Waals surface area contributed by atoms with Gasteiger partial charge in [-0.05, 0) is 102 Å². The number of rotatable bonds is 17. The van der Waals surface area contributed by atoms with Crippen LogP contribution in [0.4, 0.5) is 4.79 Å². The number of ether oxygens (including phenoxy) is 2. The summed E-state index contributed by atoms with van der Waals surface area (Å²) < 4.78 is 11.4. The zero-order chi connectivity index (χ0) is 40.1. The van der Waals surface area contributed by atoms with Crippen LogP contribution in [0.3, 0.4) is 0 Å². The molecule has 3 aromatic carbocycles. The molecule has 0 aliphatic heterocycles. The Morgan fingerprint density at radius 2 is 1.30 bits per heavy atom. The number of phenols is 1. The molecule has 0 bridgehead atoms. The third-order valence-corrected chi connectivity index (χ3v) is 8.85. The van der Waals surface area contributed by atoms with Crippen molar-refractivity contribution in [2.45, 2.75) is 137 Å². The molecule has 3 atom stereocenters. The molecule has 3 N–H and O–H groups in total. The number of nitrogens with zero attached hydrogens (tertiary/aromatic N) is 1. The van der Waals surface area contributed by atoms with Gasteiger partial charge in [0, 0.05) is 19.4 Å². The van der Waals surface area contributed by atoms with Crippen LogP contribution in [0.25, 0.3) is 0 Å². The van der Waals surface area contributed by atoms with Crippen molar-refractivity contribution in [3.63, 3.8) is 0 Å². The molecule has 0 aliphatic carbocycles. The fourth-order valence-electron chi connectivity index (χ4n) is 6.04. The molecule has 0 radical (unpaired) electrons. The number of benzene rings is 3. The lowest BCUT2D eigenvalue weighted by atomic mass is 9.96. The Morgan fingerprint density at radius 3 is 1.89 bits per heavy atom. The fraction of sp³-hybridized carbons (Fsp3) is 0.500. The highest BCUT2D eigenvalue weighted by atomic mass is 16.6. The zero-order valence-electron chi connectivity index (χ0n) is 33.7. The average molecular weight is 744 g/mol. The van der Waals surface area contributed by atoms with Crippen molar-refractivity contribution in [3.05, 3.63) is 101 Å². The molecule has 294 valence electrons. The molecule has 0 saturated heterocycles. The van der Waals surface area contributed by atoms with E-state index >= 15 is 4.79 Å². The zero-order valence-corrected chi connectivity index (χ0v) is 33.7. The maximum atomic E-state index is 15.0. The first kappa shape index (κ1) is 43.5. The summed E-state index contributed by atoms with van der Waals surface area (Å²) in [5.74, 6) is -1.56. The van der Waals surface area contributed by atoms with Crippen LogP contribution in [0.2, 0.25) is 0 Å². The van der Waals surface area contributed by atoms with Gasteiger partial charge in [0.05, 0.1) is 0 Å². The van der Waals surface area contributed by atoms with Crippen LogP contribution in [-0.2, 0) is 36.7 Å². The highest BCUT2D eigenvalue weighted by Gasteiger charge is 2.38. The van der Waals surface area contributed by atoms with Crippen LogP contribution in [0.5, 0.6) is 5.75 Å². The lowest BCUT2D eigenvalue weighted by molar-refractivity contribution is -0.159. The van der Waals surface area contributed by atoms with Gasteiger partial charge in [0.25, 0.3) is 0 Å². The largest absolute Gasteiger partial charge is 0.508 e. The smallest absolute Gasteiger partial charge is 0.408 e. The lowest BCUT2D eigenvalue weighted by Gasteiger charge is -2.36. The van der Waals surface area contributed by atoms with Crippen LogP contribution in [0.1, 0.15) is 114 Å². The third-order valence-electron chi connectivity index (χ3n) is 8.85. The van der Waals surface area contributed by atoms with Crippen LogP contribution < -0.4 is 10.6 Å². The molecule has 54 heavy (non-hydrogen) atoms. The lowest BCUT2D eigenvalue weighted by Crippen LogP contribution is -2.55. The minimum atomic E-state index is -1.16. The summed E-state index contributed by atoms with van der Waals surface area (Å²) in [6.45, 7) is 16.8. The Hall–Kier alpha value is -4.86. The van der Waals surface area contributed by atoms with Crippen LogP contribution in [-0.4, -0.2) is 63.7 Å². The molecule has 0 heterocycles. The van der Waals surface area contributed by atoms with Crippen molar-refractivity contribution in [1.82, 2.24) is 15.5 Å². The number of unbranched alkanes of at least 4 members (excludes halogenated alkanes) is 4. The first-order valence-electron chi connectivity index (χ1n) is 19.1. The summed E-state index contributed by atoms with van der Waals surface area (Å²) in [5, 5.41) is 15.7. The van der Waals surface area contributed by atoms with Crippen molar-refractivity contribution >= 4 is 23.9 Å². The van der Waals surface area contributed by atoms with E-state index in [2.05, 4.69) is 17.6 Å². The topological polar surface area (TPSA) is 134 Å². The van der Waals surface area contributed by atoms with E-state index < -0.39 is 53.2 Å². The Labute approximate surface area is 322 Å². The van der Waals surface area contributed by atoms with Crippen LogP contribution >= 0.6 is 0 Å². The van der Waals surface area contributed by atoms with E-state index in [1.165, 1.54) is 17.0 Å². The Balaban J connectivity index is 2.16. The molecular weight excluding hydrogens is 682 g/mol. The van der Waals surface area contributed by atoms with Crippen molar-refractivity contribution in [1.29, 1.82) is 0 Å². The Bertz CT molecular complexity index is 1680. The number of aromatic hydroxyl groups is 1. The number of esters is 1. The van der Waals surface area contributed by atoms with E-state index in [1.807, 2.05) is 62.4 Å². The van der Waals surface area contributed by atoms with Gasteiger partial charge >= 0.3 is 12.1 Å². The molecule has 10 nitrogen and oxygen atoms in total. The van der Waals surface area contributed by atoms with Crippen LogP contribution in [0, 0.1) is 13.8 Å². The van der Waals surface area contributed by atoms with E-state index in [-0.39, 0.29) is 25.1 Å². The third kappa shape index (κ3) is 14.5. The number of phenolic OH excluding ortho intramolecular Hbond substituents is 1. The van der Waals surface area contributed by atoms with Gasteiger partial charge in [-0.2, -0.15) is 0 Å². The maximum Gasteiger partial charge on any atom is 0.408 e. The number of carbonyl (C=O) groups is 4. The van der Waals surface area contributed by atoms with E-state index in [9.17, 15) is 19.5 Å². The maximum absolute atomic E-state index is 15.0. The van der Waals surface area contributed by atoms with Gasteiger partial charge in [0.15, 0.2) is 0 Å². The summed E-state index contributed by atoms with van der Waals surface area (Å²) >= 11 is 0. The molecule has 10 heteroatoms. The number of amides is 3. The first-order valence-corrected chi connectivity index (χ1v) is 19.1. The summed E-state index contributed by atoms with van der Waals surface area (Å²) in [6.07, 6.45) is 3.95. The Kier molecular flexibility index (Phi) is 16.1. The van der Waals surface area contributed by atoms with Crippen LogP contribution in [0.15, 0.2) is 72.8 Å². The number of nitrogens with one attached hydrogen (secondary N) is 2. The number of alkyl carbamates (subject to hydrolysis) is 1. The first-order chi connectivity index (χ1) is 25.4. The molecule has 3 aromatic rings. The molecule has 0 fully saturated rings. The molecule has 0 aromatic heterocycles. The second kappa shape index (κ2) is 20.0. The molecule has 3 rings (SSSR count). The predicted molar refractivity (Wildman–Crippen MR) is 212 cm³/mol. The predicted octanol–water partition coefficient (Wildman–Crippen LogP) is 8.05. The van der Waals surface area contributed by atoms with E-state index in [0.717, 1.165) is 42.4 Å². The quantitative estimate of drug-likeness (QED) is 0.0941. The number of aryl methyl sites for hydroxylation is 2. The van der Waals surface area contributed by atoms with Crippen molar-refractivity contribution in [2.24, 2.45) is 0 Å². The van der Waals surface area contributed by atoms with Gasteiger partial charge in [-0.15, -0.1) is 0 Å². The van der Waals surface area contributed by atoms with Crippen molar-refractivity contribution in [3.8, 4) is 5.75 Å². The van der Waals surface area contributed by atoms with Gasteiger partial charge in [-0.1, -0.05) is 93.3 Å². The summed E-state index contributed by atoms with van der Waals surface area (Å²) in [5.41, 5.74) is 2.40. The highest BCUT2D eigenvalue weighted by Crippen LogP contribution is 2.27. The monoisotopic (exact) mass is 743 g/mol. The molecule has 3 unspecified atom stereocenters. The van der Waals surface area contributed by atoms with Gasteiger partial charge in [0.2, 0.25) is 11.8 Å². The van der Waals surface area contributed by atoms with E-state index in [4.69, 9.17) is 9.47 Å². The molecule has 0 aliphatic rings. The normalized spacial score (nSPS) is 13.3. The van der Waals surface area contributed by atoms with Crippen molar-refractivity contribution < 1.29 is 33.8 Å². The second-order valence-corrected chi connectivity index (χ2v) is 16.0. The van der Waals surface area contributed by atoms with Gasteiger partial charge in [-0.25, -0.2) is 9.59 Å². The van der Waals surface area contributed by atoms with Crippen molar-refractivity contribution in [2.75, 3.05) is 6.54 Å². The fourth-order valence-corrected chi connectivity index (χ4v) is 6.04. The Morgan fingerprint density at radius 1 is 0.704 bits per heavy atom. The van der Waals surface area contributed by atoms with E-state index in [1.54, 1.807) is 53.7 Å². The molecule has 0 spiro atoms. The number of hydrogen-bond acceptors (Lipinski definition) is 7. The SMILES string of the molecule is CCCCCCCN(C(=O)C(Cc1ccc(O)cc1)NC(=O)OC(C)(C)C)C(C(=O)NC(Cc1ccccc1)C(=O)OC(C)(C)C)c1ccc(C)c(C)c1. The molecule has 3 amide bonds. The summed E-state index contributed by atoms with van der Waals surface area (Å²) in [7, 11) is 0. The number of carbonyl (C=O) groups excluding carboxylic acids is 4. The molecule has 0 saturated carbocycles. The van der Waals surface area contributed by atoms with Gasteiger partial charge < -0.3 is 30.1 Å². The highest BCUT2D eigenvalue weighted by molar-refractivity contribution is 5.94. The minimum Gasteiger partial charge on any atom is -0.508 e. The van der Waals surface area contributed by atoms with Gasteiger partial charge in [-0.3, -0.25) is 9.59 Å². The minimum absolute atomic E-state index is 0.0666. The number of hydrogen-bond donors (Lipinski definition) is 3. The summed E-state index contributed by atoms with van der Waals surface area (Å²) in [6, 6.07) is 18.1. The second-order valence-electron chi connectivity index (χ2n) is 16.0. The molecular formula is C44H61N3O7. The standard InChI is InChI=1S/C44H61N3O7/c1-10-11-12-13-17-26-47(40(50)36(46-42(52)54-44(7,8)9)28-33-21-24-35(48)25-22-33)38(34-23-20-30(2)31(3)27-34)39(49)45-37(41(51)53-43(4,5)6)29-32-18-15-14-16-19-32/h14-16,18-25,27,36-38,48H,10-13,17,26,28-29H2,1-9H3,(H,45,49)(H,46,52). The summed E-state index contributed by atoms with van der Waals surface area (Å²) in [4.78, 5) is 58.4.